The molecule has 0 aliphatic heterocycles. The van der Waals surface area contributed by atoms with Gasteiger partial charge in [0.05, 0.1) is 7.11 Å². The summed E-state index contributed by atoms with van der Waals surface area (Å²) in [5.41, 5.74) is 0.505. The lowest BCUT2D eigenvalue weighted by molar-refractivity contribution is -0.143. The van der Waals surface area contributed by atoms with Crippen LogP contribution in [0.15, 0.2) is 36.9 Å². The van der Waals surface area contributed by atoms with Crippen molar-refractivity contribution in [2.24, 2.45) is 0 Å². The van der Waals surface area contributed by atoms with E-state index in [1.807, 2.05) is 0 Å². The lowest BCUT2D eigenvalue weighted by atomic mass is 10.2. The number of carbonyl (C=O) groups excluding carboxylic acids is 2. The maximum atomic E-state index is 12.8. The molecular weight excluding hydrogens is 237 g/mol. The van der Waals surface area contributed by atoms with Gasteiger partial charge in [0, 0.05) is 12.2 Å². The van der Waals surface area contributed by atoms with Crippen molar-refractivity contribution in [3.8, 4) is 0 Å². The van der Waals surface area contributed by atoms with Crippen LogP contribution in [0.3, 0.4) is 0 Å². The molecule has 0 bridgehead atoms. The number of halogens is 1. The Hall–Kier alpha value is -2.17. The molecule has 0 radical (unpaired) electrons. The van der Waals surface area contributed by atoms with Gasteiger partial charge in [-0.3, -0.25) is 9.59 Å². The third-order valence-electron chi connectivity index (χ3n) is 2.27. The van der Waals surface area contributed by atoms with Crippen molar-refractivity contribution in [2.75, 3.05) is 18.6 Å². The summed E-state index contributed by atoms with van der Waals surface area (Å²) in [7, 11) is 1.21. The quantitative estimate of drug-likeness (QED) is 0.456. The standard InChI is InChI=1S/C13H14FNO3/c1-3-8-15(12(16)9-13(17)18-2)11-6-4-10(14)5-7-11/h3-7H,1,8-9H2,2H3. The van der Waals surface area contributed by atoms with E-state index in [1.165, 1.54) is 42.4 Å². The third-order valence-corrected chi connectivity index (χ3v) is 2.27. The number of esters is 1. The Morgan fingerprint density at radius 3 is 2.50 bits per heavy atom. The molecule has 1 amide bonds. The maximum absolute atomic E-state index is 12.8. The van der Waals surface area contributed by atoms with Gasteiger partial charge in [-0.1, -0.05) is 6.08 Å². The van der Waals surface area contributed by atoms with Gasteiger partial charge in [0.2, 0.25) is 5.91 Å². The lowest BCUT2D eigenvalue weighted by Gasteiger charge is -2.20. The molecule has 0 aliphatic carbocycles. The lowest BCUT2D eigenvalue weighted by Crippen LogP contribution is -2.32. The van der Waals surface area contributed by atoms with Gasteiger partial charge < -0.3 is 9.64 Å². The molecule has 5 heteroatoms. The minimum absolute atomic E-state index is 0.238. The predicted octanol–water partition coefficient (Wildman–Crippen LogP) is 1.91. The molecule has 0 saturated carbocycles. The first-order valence-corrected chi connectivity index (χ1v) is 5.32. The highest BCUT2D eigenvalue weighted by atomic mass is 19.1. The fraction of sp³-hybridized carbons (Fsp3) is 0.231. The molecule has 0 spiro atoms. The van der Waals surface area contributed by atoms with Crippen molar-refractivity contribution in [1.82, 2.24) is 0 Å². The van der Waals surface area contributed by atoms with Crippen LogP contribution in [0.5, 0.6) is 0 Å². The summed E-state index contributed by atoms with van der Waals surface area (Å²) in [5, 5.41) is 0. The highest BCUT2D eigenvalue weighted by Gasteiger charge is 2.18. The van der Waals surface area contributed by atoms with Gasteiger partial charge in [-0.15, -0.1) is 6.58 Å². The SMILES string of the molecule is C=CCN(C(=O)CC(=O)OC)c1ccc(F)cc1. The van der Waals surface area contributed by atoms with E-state index >= 15 is 0 Å². The van der Waals surface area contributed by atoms with Crippen molar-refractivity contribution in [3.63, 3.8) is 0 Å². The van der Waals surface area contributed by atoms with Crippen molar-refractivity contribution in [1.29, 1.82) is 0 Å². The highest BCUT2D eigenvalue weighted by molar-refractivity contribution is 6.03. The Bertz CT molecular complexity index is 442. The first kappa shape index (κ1) is 13.9. The van der Waals surface area contributed by atoms with E-state index in [1.54, 1.807) is 0 Å². The van der Waals surface area contributed by atoms with Crippen LogP contribution in [-0.4, -0.2) is 25.5 Å². The number of rotatable bonds is 5. The Labute approximate surface area is 105 Å². The molecule has 96 valence electrons. The summed E-state index contributed by atoms with van der Waals surface area (Å²) in [6.07, 6.45) is 1.17. The minimum Gasteiger partial charge on any atom is -0.469 e. The largest absolute Gasteiger partial charge is 0.469 e. The fourth-order valence-corrected chi connectivity index (χ4v) is 1.39. The number of anilines is 1. The van der Waals surface area contributed by atoms with Crippen molar-refractivity contribution in [2.45, 2.75) is 6.42 Å². The van der Waals surface area contributed by atoms with Crippen LogP contribution < -0.4 is 4.90 Å². The molecule has 0 unspecified atom stereocenters. The zero-order chi connectivity index (χ0) is 13.5. The number of nitrogens with zero attached hydrogens (tertiary/aromatic N) is 1. The van der Waals surface area contributed by atoms with E-state index in [0.717, 1.165) is 0 Å². The molecule has 4 nitrogen and oxygen atoms in total. The Balaban J connectivity index is 2.88. The zero-order valence-electron chi connectivity index (χ0n) is 10.1. The first-order chi connectivity index (χ1) is 8.58. The van der Waals surface area contributed by atoms with Crippen LogP contribution in [0, 0.1) is 5.82 Å². The van der Waals surface area contributed by atoms with Gasteiger partial charge in [-0.05, 0) is 24.3 Å². The number of hydrogen-bond donors (Lipinski definition) is 0. The second-order valence-electron chi connectivity index (χ2n) is 3.52. The smallest absolute Gasteiger partial charge is 0.315 e. The normalized spacial score (nSPS) is 9.67. The second kappa shape index (κ2) is 6.54. The van der Waals surface area contributed by atoms with Crippen LogP contribution >= 0.6 is 0 Å². The summed E-state index contributed by atoms with van der Waals surface area (Å²) in [6, 6.07) is 5.43. The zero-order valence-corrected chi connectivity index (χ0v) is 10.1. The van der Waals surface area contributed by atoms with E-state index in [9.17, 15) is 14.0 Å². The van der Waals surface area contributed by atoms with Gasteiger partial charge in [0.25, 0.3) is 0 Å². The number of carbonyl (C=O) groups is 2. The van der Waals surface area contributed by atoms with Crippen molar-refractivity contribution < 1.29 is 18.7 Å². The number of ether oxygens (including phenoxy) is 1. The molecule has 0 aromatic heterocycles. The molecule has 18 heavy (non-hydrogen) atoms. The van der Waals surface area contributed by atoms with Crippen molar-refractivity contribution >= 4 is 17.6 Å². The Morgan fingerprint density at radius 1 is 1.39 bits per heavy atom. The van der Waals surface area contributed by atoms with Gasteiger partial charge in [-0.2, -0.15) is 0 Å². The summed E-state index contributed by atoms with van der Waals surface area (Å²) in [5.74, 6) is -1.43. The molecular formula is C13H14FNO3. The highest BCUT2D eigenvalue weighted by Crippen LogP contribution is 2.16. The van der Waals surface area contributed by atoms with Crippen LogP contribution in [0.1, 0.15) is 6.42 Å². The second-order valence-corrected chi connectivity index (χ2v) is 3.52. The van der Waals surface area contributed by atoms with E-state index in [4.69, 9.17) is 0 Å². The first-order valence-electron chi connectivity index (χ1n) is 5.32. The molecule has 0 fully saturated rings. The molecule has 0 saturated heterocycles. The number of hydrogen-bond acceptors (Lipinski definition) is 3. The maximum Gasteiger partial charge on any atom is 0.315 e. The molecule has 0 N–H and O–H groups in total. The molecule has 0 aliphatic rings. The summed E-state index contributed by atoms with van der Waals surface area (Å²) in [4.78, 5) is 24.3. The fourth-order valence-electron chi connectivity index (χ4n) is 1.39. The molecule has 1 rings (SSSR count). The summed E-state index contributed by atoms with van der Waals surface area (Å²) < 4.78 is 17.2. The van der Waals surface area contributed by atoms with E-state index in [2.05, 4.69) is 11.3 Å². The summed E-state index contributed by atoms with van der Waals surface area (Å²) in [6.45, 7) is 3.78. The van der Waals surface area contributed by atoms with Crippen LogP contribution in [0.25, 0.3) is 0 Å². The number of amides is 1. The van der Waals surface area contributed by atoms with Gasteiger partial charge in [0.15, 0.2) is 0 Å². The third kappa shape index (κ3) is 3.69. The minimum atomic E-state index is -0.615. The Kier molecular flexibility index (Phi) is 5.05. The number of methoxy groups -OCH3 is 1. The van der Waals surface area contributed by atoms with Crippen molar-refractivity contribution in [3.05, 3.63) is 42.7 Å². The van der Waals surface area contributed by atoms with E-state index in [0.29, 0.717) is 5.69 Å². The van der Waals surface area contributed by atoms with E-state index in [-0.39, 0.29) is 13.0 Å². The van der Waals surface area contributed by atoms with Gasteiger partial charge in [0.1, 0.15) is 12.2 Å². The topological polar surface area (TPSA) is 46.6 Å². The molecule has 0 heterocycles. The summed E-state index contributed by atoms with van der Waals surface area (Å²) >= 11 is 0. The Morgan fingerprint density at radius 2 is 2.00 bits per heavy atom. The van der Waals surface area contributed by atoms with Crippen LogP contribution in [-0.2, 0) is 14.3 Å². The van der Waals surface area contributed by atoms with Crippen LogP contribution in [0.4, 0.5) is 10.1 Å². The monoisotopic (exact) mass is 251 g/mol. The predicted molar refractivity (Wildman–Crippen MR) is 65.6 cm³/mol. The van der Waals surface area contributed by atoms with Crippen LogP contribution in [0.2, 0.25) is 0 Å². The average Bonchev–Trinajstić information content (AvgIpc) is 2.37. The average molecular weight is 251 g/mol. The van der Waals surface area contributed by atoms with Gasteiger partial charge in [-0.25, -0.2) is 4.39 Å². The molecule has 1 aromatic rings. The van der Waals surface area contributed by atoms with E-state index < -0.39 is 17.7 Å². The van der Waals surface area contributed by atoms with Gasteiger partial charge >= 0.3 is 5.97 Å². The number of benzene rings is 1. The molecule has 0 atom stereocenters. The molecule has 1 aromatic carbocycles.